The molecule has 3 N–H and O–H groups in total. The third kappa shape index (κ3) is 4.03. The monoisotopic (exact) mass is 238 g/mol. The molecule has 1 amide bonds. The molecule has 1 atom stereocenters. The molecule has 0 bridgehead atoms. The van der Waals surface area contributed by atoms with Gasteiger partial charge in [0.25, 0.3) is 5.91 Å². The quantitative estimate of drug-likeness (QED) is 0.701. The molecule has 1 heterocycles. The summed E-state index contributed by atoms with van der Waals surface area (Å²) < 4.78 is 0. The van der Waals surface area contributed by atoms with Crippen LogP contribution in [0.15, 0.2) is 17.1 Å². The minimum Gasteiger partial charge on any atom is -0.393 e. The number of pyridine rings is 1. The van der Waals surface area contributed by atoms with E-state index in [0.717, 1.165) is 0 Å². The normalized spacial score (nSPS) is 12.2. The predicted octanol–water partition coefficient (Wildman–Crippen LogP) is 0.574. The number of carbonyl (C=O) groups is 1. The number of aromatic nitrogens is 1. The number of aryl methyl sites for hydroxylation is 1. The van der Waals surface area contributed by atoms with Gasteiger partial charge in [0, 0.05) is 24.5 Å². The number of amides is 1. The molecule has 0 aliphatic heterocycles. The van der Waals surface area contributed by atoms with Crippen LogP contribution in [0.1, 0.15) is 35.8 Å². The van der Waals surface area contributed by atoms with Crippen LogP contribution in [0.2, 0.25) is 0 Å². The van der Waals surface area contributed by atoms with Crippen molar-refractivity contribution < 1.29 is 9.90 Å². The Morgan fingerprint density at radius 1 is 1.59 bits per heavy atom. The molecular weight excluding hydrogens is 220 g/mol. The van der Waals surface area contributed by atoms with Crippen LogP contribution in [-0.2, 0) is 0 Å². The van der Waals surface area contributed by atoms with Crippen molar-refractivity contribution in [3.05, 3.63) is 33.7 Å². The van der Waals surface area contributed by atoms with E-state index in [1.165, 1.54) is 12.3 Å². The lowest BCUT2D eigenvalue weighted by Gasteiger charge is -2.08. The number of hydrogen-bond acceptors (Lipinski definition) is 3. The van der Waals surface area contributed by atoms with Gasteiger partial charge >= 0.3 is 0 Å². The number of nitrogens with one attached hydrogen (secondary N) is 2. The van der Waals surface area contributed by atoms with E-state index in [0.29, 0.717) is 25.1 Å². The molecule has 94 valence electrons. The lowest BCUT2D eigenvalue weighted by atomic mass is 10.2. The molecule has 0 aromatic carbocycles. The van der Waals surface area contributed by atoms with E-state index in [1.54, 1.807) is 6.92 Å². The summed E-state index contributed by atoms with van der Waals surface area (Å²) in [5.74, 6) is -0.408. The molecule has 17 heavy (non-hydrogen) atoms. The zero-order chi connectivity index (χ0) is 12.8. The van der Waals surface area contributed by atoms with E-state index >= 15 is 0 Å². The van der Waals surface area contributed by atoms with E-state index in [2.05, 4.69) is 10.3 Å². The maximum atomic E-state index is 11.6. The van der Waals surface area contributed by atoms with Crippen LogP contribution in [0, 0.1) is 6.92 Å². The van der Waals surface area contributed by atoms with E-state index in [4.69, 9.17) is 0 Å². The lowest BCUT2D eigenvalue weighted by Crippen LogP contribution is -2.31. The van der Waals surface area contributed by atoms with Crippen LogP contribution in [0.25, 0.3) is 0 Å². The molecular formula is C12H18N2O3. The summed E-state index contributed by atoms with van der Waals surface area (Å²) in [5.41, 5.74) is 0.518. The highest BCUT2D eigenvalue weighted by molar-refractivity contribution is 5.93. The summed E-state index contributed by atoms with van der Waals surface area (Å²) in [6.07, 6.45) is 2.14. The summed E-state index contributed by atoms with van der Waals surface area (Å²) in [4.78, 5) is 26.0. The Labute approximate surface area is 99.9 Å². The predicted molar refractivity (Wildman–Crippen MR) is 65.0 cm³/mol. The van der Waals surface area contributed by atoms with Gasteiger partial charge in [0.15, 0.2) is 5.43 Å². The Morgan fingerprint density at radius 2 is 2.29 bits per heavy atom. The van der Waals surface area contributed by atoms with Crippen LogP contribution in [0.3, 0.4) is 0 Å². The molecule has 1 aromatic heterocycles. The maximum absolute atomic E-state index is 11.6. The minimum atomic E-state index is -0.411. The van der Waals surface area contributed by atoms with Gasteiger partial charge in [-0.1, -0.05) is 6.92 Å². The molecule has 1 aromatic rings. The number of hydrogen-bond donors (Lipinski definition) is 3. The molecule has 0 aliphatic carbocycles. The van der Waals surface area contributed by atoms with Crippen molar-refractivity contribution in [2.75, 3.05) is 6.54 Å². The van der Waals surface area contributed by atoms with Crippen molar-refractivity contribution in [1.29, 1.82) is 0 Å². The van der Waals surface area contributed by atoms with Gasteiger partial charge in [-0.15, -0.1) is 0 Å². The summed E-state index contributed by atoms with van der Waals surface area (Å²) in [6.45, 7) is 3.99. The first-order valence-corrected chi connectivity index (χ1v) is 5.70. The zero-order valence-electron chi connectivity index (χ0n) is 10.1. The van der Waals surface area contributed by atoms with Crippen molar-refractivity contribution in [2.45, 2.75) is 32.8 Å². The van der Waals surface area contributed by atoms with Crippen LogP contribution < -0.4 is 10.7 Å². The van der Waals surface area contributed by atoms with Crippen molar-refractivity contribution in [1.82, 2.24) is 10.3 Å². The highest BCUT2D eigenvalue weighted by Crippen LogP contribution is 1.96. The molecule has 0 fully saturated rings. The van der Waals surface area contributed by atoms with Gasteiger partial charge in [0.1, 0.15) is 5.56 Å². The fraction of sp³-hybridized carbons (Fsp3) is 0.500. The SMILES string of the molecule is CCC(O)CCNC(=O)c1c[nH]c(C)cc1=O. The molecule has 1 unspecified atom stereocenters. The van der Waals surface area contributed by atoms with Crippen molar-refractivity contribution in [2.24, 2.45) is 0 Å². The second kappa shape index (κ2) is 6.20. The fourth-order valence-electron chi connectivity index (χ4n) is 1.40. The van der Waals surface area contributed by atoms with Gasteiger partial charge in [-0.3, -0.25) is 9.59 Å². The molecule has 5 nitrogen and oxygen atoms in total. The summed E-state index contributed by atoms with van der Waals surface area (Å²) >= 11 is 0. The molecule has 5 heteroatoms. The van der Waals surface area contributed by atoms with Gasteiger partial charge in [-0.05, 0) is 19.8 Å². The first-order chi connectivity index (χ1) is 8.04. The van der Waals surface area contributed by atoms with Crippen molar-refractivity contribution in [3.63, 3.8) is 0 Å². The number of H-pyrrole nitrogens is 1. The number of aliphatic hydroxyl groups is 1. The maximum Gasteiger partial charge on any atom is 0.256 e. The van der Waals surface area contributed by atoms with Crippen LogP contribution in [0.4, 0.5) is 0 Å². The van der Waals surface area contributed by atoms with Crippen LogP contribution in [0.5, 0.6) is 0 Å². The van der Waals surface area contributed by atoms with E-state index in [9.17, 15) is 14.7 Å². The largest absolute Gasteiger partial charge is 0.393 e. The molecule has 0 saturated heterocycles. The number of aromatic amines is 1. The fourth-order valence-corrected chi connectivity index (χ4v) is 1.40. The van der Waals surface area contributed by atoms with Crippen molar-refractivity contribution in [3.8, 4) is 0 Å². The average molecular weight is 238 g/mol. The smallest absolute Gasteiger partial charge is 0.256 e. The highest BCUT2D eigenvalue weighted by Gasteiger charge is 2.10. The Hall–Kier alpha value is -1.62. The van der Waals surface area contributed by atoms with E-state index in [1.807, 2.05) is 6.92 Å². The van der Waals surface area contributed by atoms with Gasteiger partial charge in [-0.2, -0.15) is 0 Å². The molecule has 0 spiro atoms. The number of carbonyl (C=O) groups excluding carboxylic acids is 1. The van der Waals surface area contributed by atoms with Crippen molar-refractivity contribution >= 4 is 5.91 Å². The summed E-state index contributed by atoms with van der Waals surface area (Å²) in [6, 6.07) is 1.38. The summed E-state index contributed by atoms with van der Waals surface area (Å²) in [5, 5.41) is 11.9. The highest BCUT2D eigenvalue weighted by atomic mass is 16.3. The Kier molecular flexibility index (Phi) is 4.90. The first kappa shape index (κ1) is 13.4. The topological polar surface area (TPSA) is 82.2 Å². The standard InChI is InChI=1S/C12H18N2O3/c1-3-9(15)4-5-13-12(17)10-7-14-8(2)6-11(10)16/h6-7,9,15H,3-5H2,1-2H3,(H,13,17)(H,14,16). The van der Waals surface area contributed by atoms with Gasteiger partial charge in [0.2, 0.25) is 0 Å². The average Bonchev–Trinajstić information content (AvgIpc) is 2.28. The van der Waals surface area contributed by atoms with Crippen LogP contribution >= 0.6 is 0 Å². The second-order valence-electron chi connectivity index (χ2n) is 4.00. The van der Waals surface area contributed by atoms with E-state index in [-0.39, 0.29) is 11.0 Å². The van der Waals surface area contributed by atoms with E-state index < -0.39 is 12.0 Å². The zero-order valence-corrected chi connectivity index (χ0v) is 10.1. The molecule has 0 saturated carbocycles. The second-order valence-corrected chi connectivity index (χ2v) is 4.00. The third-order valence-electron chi connectivity index (χ3n) is 2.54. The van der Waals surface area contributed by atoms with Gasteiger partial charge in [-0.25, -0.2) is 0 Å². The van der Waals surface area contributed by atoms with Gasteiger partial charge < -0.3 is 15.4 Å². The number of rotatable bonds is 5. The Bertz CT molecular complexity index is 440. The lowest BCUT2D eigenvalue weighted by molar-refractivity contribution is 0.0940. The Balaban J connectivity index is 2.56. The molecule has 0 radical (unpaired) electrons. The summed E-state index contributed by atoms with van der Waals surface area (Å²) in [7, 11) is 0. The molecule has 1 rings (SSSR count). The third-order valence-corrected chi connectivity index (χ3v) is 2.54. The molecule has 0 aliphatic rings. The number of aliphatic hydroxyl groups excluding tert-OH is 1. The van der Waals surface area contributed by atoms with Crippen LogP contribution in [-0.4, -0.2) is 28.6 Å². The minimum absolute atomic E-state index is 0.0987. The van der Waals surface area contributed by atoms with Gasteiger partial charge in [0.05, 0.1) is 6.10 Å². The Morgan fingerprint density at radius 3 is 2.88 bits per heavy atom. The first-order valence-electron chi connectivity index (χ1n) is 5.70.